The lowest BCUT2D eigenvalue weighted by Crippen LogP contribution is -2.52. The predicted octanol–water partition coefficient (Wildman–Crippen LogP) is 4.99. The third kappa shape index (κ3) is 10.0. The summed E-state index contributed by atoms with van der Waals surface area (Å²) in [5.74, 6) is 1.51. The van der Waals surface area contributed by atoms with Gasteiger partial charge in [-0.3, -0.25) is 9.58 Å². The Bertz CT molecular complexity index is 1710. The minimum absolute atomic E-state index is 0.213. The van der Waals surface area contributed by atoms with E-state index in [0.717, 1.165) is 55.7 Å². The minimum atomic E-state index is -0.213. The second-order valence-corrected chi connectivity index (χ2v) is 14.5. The summed E-state index contributed by atoms with van der Waals surface area (Å²) in [7, 11) is 1.66. The van der Waals surface area contributed by atoms with Crippen molar-refractivity contribution in [1.29, 1.82) is 0 Å². The van der Waals surface area contributed by atoms with E-state index in [1.165, 1.54) is 12.8 Å². The number of halogens is 1. The second-order valence-electron chi connectivity index (χ2n) is 14.1. The van der Waals surface area contributed by atoms with Crippen LogP contribution in [-0.4, -0.2) is 129 Å². The van der Waals surface area contributed by atoms with Gasteiger partial charge in [-0.25, -0.2) is 14.6 Å². The van der Waals surface area contributed by atoms with Crippen LogP contribution in [0.5, 0.6) is 11.6 Å². The van der Waals surface area contributed by atoms with Crippen LogP contribution in [-0.2, 0) is 25.5 Å². The average molecular weight is 767 g/mol. The molecular formula is C37H51ClN10O6. The van der Waals surface area contributed by atoms with Crippen LogP contribution in [0.3, 0.4) is 0 Å². The molecule has 2 aliphatic heterocycles. The Kier molecular flexibility index (Phi) is 13.6. The fourth-order valence-corrected chi connectivity index (χ4v) is 7.80. The molecule has 3 aliphatic rings. The smallest absolute Gasteiger partial charge is 0.256 e. The molecule has 0 radical (unpaired) electrons. The molecule has 1 aromatic carbocycles. The zero-order valence-electron chi connectivity index (χ0n) is 31.1. The summed E-state index contributed by atoms with van der Waals surface area (Å²) in [5.41, 5.74) is 2.41. The molecule has 5 heterocycles. The van der Waals surface area contributed by atoms with Crippen molar-refractivity contribution in [3.63, 3.8) is 0 Å². The minimum Gasteiger partial charge on any atom is -0.487 e. The lowest BCUT2D eigenvalue weighted by Gasteiger charge is -2.43. The maximum Gasteiger partial charge on any atom is 0.256 e. The van der Waals surface area contributed by atoms with Gasteiger partial charge in [0.2, 0.25) is 5.95 Å². The Hall–Kier alpha value is -3.93. The highest BCUT2D eigenvalue weighted by molar-refractivity contribution is 6.32. The first-order chi connectivity index (χ1) is 26.5. The molecule has 1 saturated carbocycles. The summed E-state index contributed by atoms with van der Waals surface area (Å²) in [6, 6.07) is 7.68. The van der Waals surface area contributed by atoms with Crippen LogP contribution >= 0.6 is 11.6 Å². The maximum atomic E-state index is 6.49. The number of benzene rings is 1. The number of rotatable bonds is 20. The zero-order valence-corrected chi connectivity index (χ0v) is 31.9. The van der Waals surface area contributed by atoms with Crippen molar-refractivity contribution in [2.75, 3.05) is 65.3 Å². The fraction of sp³-hybridized carbons (Fsp3) is 0.622. The van der Waals surface area contributed by atoms with Crippen molar-refractivity contribution in [1.82, 2.24) is 44.9 Å². The van der Waals surface area contributed by atoms with E-state index < -0.39 is 0 Å². The van der Waals surface area contributed by atoms with Gasteiger partial charge in [0.25, 0.3) is 5.88 Å². The topological polar surface area (TPSA) is 158 Å². The van der Waals surface area contributed by atoms with Crippen LogP contribution in [0.1, 0.15) is 57.9 Å². The normalized spacial score (nSPS) is 22.0. The van der Waals surface area contributed by atoms with E-state index in [2.05, 4.69) is 40.4 Å². The van der Waals surface area contributed by atoms with E-state index >= 15 is 0 Å². The highest BCUT2D eigenvalue weighted by atomic mass is 35.5. The Morgan fingerprint density at radius 1 is 0.889 bits per heavy atom. The predicted molar refractivity (Wildman–Crippen MR) is 200 cm³/mol. The van der Waals surface area contributed by atoms with Crippen LogP contribution in [0.15, 0.2) is 43.1 Å². The van der Waals surface area contributed by atoms with E-state index in [-0.39, 0.29) is 6.10 Å². The molecule has 54 heavy (non-hydrogen) atoms. The number of ether oxygens (including phenoxy) is 6. The van der Waals surface area contributed by atoms with Crippen molar-refractivity contribution >= 4 is 23.2 Å². The Morgan fingerprint density at radius 3 is 2.35 bits per heavy atom. The number of methoxy groups -OCH3 is 1. The van der Waals surface area contributed by atoms with Gasteiger partial charge in [-0.2, -0.15) is 0 Å². The number of tetrazole rings is 1. The summed E-state index contributed by atoms with van der Waals surface area (Å²) in [4.78, 5) is 12.1. The molecule has 3 fully saturated rings. The molecule has 0 amide bonds. The number of nitrogens with one attached hydrogen (secondary N) is 1. The van der Waals surface area contributed by atoms with Gasteiger partial charge in [-0.15, -0.1) is 10.2 Å². The summed E-state index contributed by atoms with van der Waals surface area (Å²) in [6.45, 7) is 7.38. The highest BCUT2D eigenvalue weighted by Crippen LogP contribution is 2.39. The largest absolute Gasteiger partial charge is 0.487 e. The Morgan fingerprint density at radius 2 is 1.61 bits per heavy atom. The van der Waals surface area contributed by atoms with Crippen molar-refractivity contribution in [3.05, 3.63) is 48.1 Å². The van der Waals surface area contributed by atoms with Gasteiger partial charge in [-0.1, -0.05) is 17.7 Å². The van der Waals surface area contributed by atoms with Crippen molar-refractivity contribution < 1.29 is 28.4 Å². The van der Waals surface area contributed by atoms with Crippen LogP contribution in [0.2, 0.25) is 5.02 Å². The first-order valence-corrected chi connectivity index (χ1v) is 19.4. The fourth-order valence-electron chi connectivity index (χ4n) is 7.64. The van der Waals surface area contributed by atoms with E-state index in [4.69, 9.17) is 45.1 Å². The number of hydrogen-bond donors (Lipinski definition) is 1. The number of aromatic nitrogens is 8. The first-order valence-electron chi connectivity index (χ1n) is 19.0. The van der Waals surface area contributed by atoms with Gasteiger partial charge in [0.05, 0.1) is 70.1 Å². The summed E-state index contributed by atoms with van der Waals surface area (Å²) < 4.78 is 38.1. The van der Waals surface area contributed by atoms with Gasteiger partial charge in [0, 0.05) is 56.2 Å². The Balaban J connectivity index is 0.979. The molecule has 3 aromatic heterocycles. The van der Waals surface area contributed by atoms with Crippen molar-refractivity contribution in [3.8, 4) is 22.8 Å². The number of anilines is 2. The van der Waals surface area contributed by atoms with Gasteiger partial charge in [0.15, 0.2) is 0 Å². The number of morpholine rings is 1. The molecule has 292 valence electrons. The molecule has 1 N–H and O–H groups in total. The summed E-state index contributed by atoms with van der Waals surface area (Å²) >= 11 is 6.49. The molecule has 0 spiro atoms. The molecule has 2 saturated heterocycles. The monoisotopic (exact) mass is 766 g/mol. The van der Waals surface area contributed by atoms with Gasteiger partial charge in [0.1, 0.15) is 23.9 Å². The average Bonchev–Trinajstić information content (AvgIpc) is 3.91. The van der Waals surface area contributed by atoms with Crippen molar-refractivity contribution in [2.45, 2.75) is 88.7 Å². The maximum absolute atomic E-state index is 6.49. The van der Waals surface area contributed by atoms with Crippen molar-refractivity contribution in [2.24, 2.45) is 0 Å². The molecule has 1 aliphatic carbocycles. The number of hydrogen-bond acceptors (Lipinski definition) is 14. The molecule has 0 unspecified atom stereocenters. The van der Waals surface area contributed by atoms with Crippen LogP contribution < -0.4 is 14.8 Å². The first kappa shape index (κ1) is 38.3. The summed E-state index contributed by atoms with van der Waals surface area (Å²) in [6.07, 6.45) is 14.6. The summed E-state index contributed by atoms with van der Waals surface area (Å²) in [5, 5.41) is 20.1. The Labute approximate surface area is 320 Å². The molecule has 3 atom stereocenters. The lowest BCUT2D eigenvalue weighted by atomic mass is 9.89. The van der Waals surface area contributed by atoms with E-state index in [9.17, 15) is 0 Å². The van der Waals surface area contributed by atoms with Crippen LogP contribution in [0.4, 0.5) is 11.6 Å². The molecule has 4 aromatic rings. The third-order valence-corrected chi connectivity index (χ3v) is 10.6. The van der Waals surface area contributed by atoms with Gasteiger partial charge in [-0.05, 0) is 73.6 Å². The van der Waals surface area contributed by atoms with Crippen LogP contribution in [0, 0.1) is 0 Å². The van der Waals surface area contributed by atoms with Gasteiger partial charge >= 0.3 is 0 Å². The molecular weight excluding hydrogens is 716 g/mol. The van der Waals surface area contributed by atoms with Crippen LogP contribution in [0.25, 0.3) is 11.1 Å². The molecule has 7 rings (SSSR count). The standard InChI is InChI=1S/C37H51ClN10O6/c1-26(21-46-25-41-44-45-46)54-35-18-27(4-11-33(35)38)28-19-39-37(40-20-28)42-34-22-47(43-36(34)53-13-3-12-50-16-17-51-15-14-49-2)29-5-7-30(8-6-29)48-31-9-10-32(48)24-52-23-31/h4,11,18-20,22,25-26,29-32H,3,5-10,12-17,21,23-24H2,1-2H3,(H,39,40,42)/t26-,29-,30-,31-,32+/m0/s1. The van der Waals surface area contributed by atoms with E-state index in [1.54, 1.807) is 36.6 Å². The second kappa shape index (κ2) is 19.1. The van der Waals surface area contributed by atoms with Gasteiger partial charge < -0.3 is 33.7 Å². The quantitative estimate of drug-likeness (QED) is 0.120. The number of fused-ring (bicyclic) bond motifs is 2. The lowest BCUT2D eigenvalue weighted by molar-refractivity contribution is -0.0458. The third-order valence-electron chi connectivity index (χ3n) is 10.3. The zero-order chi connectivity index (χ0) is 37.1. The molecule has 17 heteroatoms. The van der Waals surface area contributed by atoms with E-state index in [1.807, 2.05) is 25.3 Å². The number of nitrogens with zero attached hydrogens (tertiary/aromatic N) is 9. The molecule has 16 nitrogen and oxygen atoms in total. The molecule has 2 bridgehead atoms. The SMILES string of the molecule is COCCOCCOCCCOc1nn([C@H]2CC[C@H](N3[C@@H]4CC[C@H]3COC4)CC2)cc1Nc1ncc(-c2ccc(Cl)c(O[C@@H](C)Cn3cnnn3)c2)cn1. The highest BCUT2D eigenvalue weighted by Gasteiger charge is 2.42. The van der Waals surface area contributed by atoms with E-state index in [0.29, 0.717) is 99.4 Å².